The molecule has 33 heavy (non-hydrogen) atoms. The fraction of sp³-hybridized carbons (Fsp3) is 0.320. The predicted octanol–water partition coefficient (Wildman–Crippen LogP) is 3.70. The second-order valence-electron chi connectivity index (χ2n) is 8.40. The first-order chi connectivity index (χ1) is 16.1. The van der Waals surface area contributed by atoms with E-state index >= 15 is 0 Å². The number of hydrogen-bond donors (Lipinski definition) is 1. The van der Waals surface area contributed by atoms with Crippen molar-refractivity contribution >= 4 is 34.0 Å². The Balaban J connectivity index is 1.22. The molecule has 7 nitrogen and oxygen atoms in total. The molecule has 0 radical (unpaired) electrons. The Morgan fingerprint density at radius 1 is 1.18 bits per heavy atom. The lowest BCUT2D eigenvalue weighted by Crippen LogP contribution is -2.29. The normalized spacial score (nSPS) is 18.3. The molecule has 170 valence electrons. The average Bonchev–Trinajstić information content (AvgIpc) is 3.42. The van der Waals surface area contributed by atoms with Crippen molar-refractivity contribution in [3.05, 3.63) is 70.7 Å². The van der Waals surface area contributed by atoms with Crippen molar-refractivity contribution in [1.82, 2.24) is 9.88 Å². The molecule has 2 aliphatic heterocycles. The minimum atomic E-state index is -0.419. The number of nitrogens with zero attached hydrogens (tertiary/aromatic N) is 3. The van der Waals surface area contributed by atoms with Crippen LogP contribution >= 0.6 is 11.3 Å². The zero-order valence-corrected chi connectivity index (χ0v) is 19.3. The first kappa shape index (κ1) is 21.6. The fourth-order valence-electron chi connectivity index (χ4n) is 4.45. The molecule has 2 aliphatic rings. The number of aromatic nitrogens is 1. The Kier molecular flexibility index (Phi) is 6.11. The summed E-state index contributed by atoms with van der Waals surface area (Å²) in [6.07, 6.45) is 1.05. The molecule has 1 N–H and O–H groups in total. The van der Waals surface area contributed by atoms with E-state index in [0.717, 1.165) is 31.7 Å². The highest BCUT2D eigenvalue weighted by molar-refractivity contribution is 7.15. The van der Waals surface area contributed by atoms with E-state index in [1.807, 2.05) is 30.3 Å². The number of para-hydroxylation sites is 2. The van der Waals surface area contributed by atoms with Crippen molar-refractivity contribution in [2.75, 3.05) is 30.4 Å². The van der Waals surface area contributed by atoms with E-state index in [2.05, 4.69) is 39.5 Å². The van der Waals surface area contributed by atoms with Crippen LogP contribution in [0.1, 0.15) is 22.6 Å². The Morgan fingerprint density at radius 3 is 2.79 bits per heavy atom. The van der Waals surface area contributed by atoms with Crippen molar-refractivity contribution < 1.29 is 14.3 Å². The predicted molar refractivity (Wildman–Crippen MR) is 128 cm³/mol. The van der Waals surface area contributed by atoms with Crippen LogP contribution in [-0.2, 0) is 29.1 Å². The first-order valence-electron chi connectivity index (χ1n) is 11.1. The number of ether oxygens (including phenoxy) is 1. The zero-order valence-electron chi connectivity index (χ0n) is 18.5. The van der Waals surface area contributed by atoms with Gasteiger partial charge in [0.15, 0.2) is 5.13 Å². The number of thiazole rings is 1. The third-order valence-corrected chi connectivity index (χ3v) is 7.16. The van der Waals surface area contributed by atoms with Gasteiger partial charge in [-0.25, -0.2) is 4.98 Å². The smallest absolute Gasteiger partial charge is 0.231 e. The number of amides is 2. The molecule has 1 unspecified atom stereocenters. The number of carbonyl (C=O) groups excluding carboxylic acids is 2. The number of hydrogen-bond acceptors (Lipinski definition) is 6. The van der Waals surface area contributed by atoms with E-state index in [0.29, 0.717) is 23.1 Å². The minimum absolute atomic E-state index is 0.0744. The van der Waals surface area contributed by atoms with Crippen LogP contribution < -0.4 is 15.0 Å². The summed E-state index contributed by atoms with van der Waals surface area (Å²) in [6, 6.07) is 17.8. The number of benzene rings is 2. The van der Waals surface area contributed by atoms with Crippen LogP contribution in [0.2, 0.25) is 0 Å². The maximum Gasteiger partial charge on any atom is 0.231 e. The topological polar surface area (TPSA) is 74.8 Å². The molecule has 8 heteroatoms. The molecule has 0 bridgehead atoms. The number of anilines is 2. The summed E-state index contributed by atoms with van der Waals surface area (Å²) >= 11 is 1.54. The Labute approximate surface area is 197 Å². The lowest BCUT2D eigenvalue weighted by atomic mass is 10.1. The Morgan fingerprint density at radius 2 is 1.97 bits per heavy atom. The van der Waals surface area contributed by atoms with Crippen LogP contribution in [0, 0.1) is 5.92 Å². The number of carbonyl (C=O) groups is 2. The minimum Gasteiger partial charge on any atom is -0.495 e. The van der Waals surface area contributed by atoms with Crippen molar-refractivity contribution in [2.24, 2.45) is 5.92 Å². The third-order valence-electron chi connectivity index (χ3n) is 6.16. The van der Waals surface area contributed by atoms with Crippen LogP contribution in [0.25, 0.3) is 0 Å². The van der Waals surface area contributed by atoms with Gasteiger partial charge in [-0.1, -0.05) is 42.5 Å². The number of nitrogens with one attached hydrogen (secondary N) is 1. The van der Waals surface area contributed by atoms with Gasteiger partial charge in [-0.3, -0.25) is 14.5 Å². The molecule has 1 saturated heterocycles. The van der Waals surface area contributed by atoms with E-state index in [1.165, 1.54) is 21.8 Å². The molecular weight excluding hydrogens is 436 g/mol. The van der Waals surface area contributed by atoms with Gasteiger partial charge in [-0.2, -0.15) is 0 Å². The molecule has 2 amide bonds. The van der Waals surface area contributed by atoms with E-state index in [4.69, 9.17) is 4.74 Å². The van der Waals surface area contributed by atoms with Gasteiger partial charge in [0.05, 0.1) is 24.4 Å². The highest BCUT2D eigenvalue weighted by atomic mass is 32.1. The molecule has 3 aromatic rings. The molecule has 2 aromatic carbocycles. The van der Waals surface area contributed by atoms with Gasteiger partial charge in [-0.15, -0.1) is 11.3 Å². The van der Waals surface area contributed by atoms with Gasteiger partial charge < -0.3 is 15.0 Å². The maximum absolute atomic E-state index is 12.9. The molecule has 3 heterocycles. The zero-order chi connectivity index (χ0) is 22.8. The summed E-state index contributed by atoms with van der Waals surface area (Å²) in [5.74, 6) is -0.0277. The van der Waals surface area contributed by atoms with Crippen LogP contribution in [0.15, 0.2) is 54.6 Å². The molecule has 0 aliphatic carbocycles. The van der Waals surface area contributed by atoms with E-state index < -0.39 is 5.92 Å². The number of fused-ring (bicyclic) bond motifs is 1. The molecule has 1 atom stereocenters. The quantitative estimate of drug-likeness (QED) is 0.605. The maximum atomic E-state index is 12.9. The second kappa shape index (κ2) is 9.33. The highest BCUT2D eigenvalue weighted by Gasteiger charge is 2.36. The third kappa shape index (κ3) is 4.62. The van der Waals surface area contributed by atoms with E-state index in [1.54, 1.807) is 12.0 Å². The largest absolute Gasteiger partial charge is 0.495 e. The molecule has 0 saturated carbocycles. The van der Waals surface area contributed by atoms with Gasteiger partial charge in [0, 0.05) is 43.9 Å². The summed E-state index contributed by atoms with van der Waals surface area (Å²) in [5, 5.41) is 3.59. The molecule has 1 aromatic heterocycles. The highest BCUT2D eigenvalue weighted by Crippen LogP contribution is 2.34. The lowest BCUT2D eigenvalue weighted by Gasteiger charge is -2.25. The second-order valence-corrected chi connectivity index (χ2v) is 9.49. The fourth-order valence-corrected chi connectivity index (χ4v) is 5.51. The van der Waals surface area contributed by atoms with E-state index in [9.17, 15) is 9.59 Å². The van der Waals surface area contributed by atoms with Crippen LogP contribution in [-0.4, -0.2) is 41.9 Å². The van der Waals surface area contributed by atoms with Crippen molar-refractivity contribution in [3.8, 4) is 5.75 Å². The summed E-state index contributed by atoms with van der Waals surface area (Å²) in [7, 11) is 1.58. The lowest BCUT2D eigenvalue weighted by molar-refractivity contribution is -0.122. The van der Waals surface area contributed by atoms with Gasteiger partial charge >= 0.3 is 0 Å². The Bertz CT molecular complexity index is 1160. The SMILES string of the molecule is COc1ccccc1N1CC(C(=O)Nc2nc3c(s2)CN(Cc2ccccc2)CC3)CC1=O. The van der Waals surface area contributed by atoms with Crippen molar-refractivity contribution in [2.45, 2.75) is 25.9 Å². The standard InChI is InChI=1S/C25H26N4O3S/c1-32-21-10-6-5-9-20(21)29-15-18(13-23(29)30)24(31)27-25-26-19-11-12-28(16-22(19)33-25)14-17-7-3-2-4-8-17/h2-10,18H,11-16H2,1H3,(H,26,27,31). The molecule has 5 rings (SSSR count). The van der Waals surface area contributed by atoms with Gasteiger partial charge in [0.1, 0.15) is 5.75 Å². The Hall–Kier alpha value is -3.23. The van der Waals surface area contributed by atoms with E-state index in [-0.39, 0.29) is 18.2 Å². The van der Waals surface area contributed by atoms with Crippen LogP contribution in [0.5, 0.6) is 5.75 Å². The summed E-state index contributed by atoms with van der Waals surface area (Å²) in [5.41, 5.74) is 3.06. The van der Waals surface area contributed by atoms with Crippen molar-refractivity contribution in [3.63, 3.8) is 0 Å². The molecule has 0 spiro atoms. The van der Waals surface area contributed by atoms with Crippen LogP contribution in [0.3, 0.4) is 0 Å². The van der Waals surface area contributed by atoms with Crippen LogP contribution in [0.4, 0.5) is 10.8 Å². The number of rotatable bonds is 6. The first-order valence-corrected chi connectivity index (χ1v) is 11.9. The summed E-state index contributed by atoms with van der Waals surface area (Å²) < 4.78 is 5.38. The van der Waals surface area contributed by atoms with Gasteiger partial charge in [-0.05, 0) is 17.7 Å². The molecular formula is C25H26N4O3S. The monoisotopic (exact) mass is 462 g/mol. The van der Waals surface area contributed by atoms with Crippen molar-refractivity contribution in [1.29, 1.82) is 0 Å². The molecule has 1 fully saturated rings. The summed E-state index contributed by atoms with van der Waals surface area (Å²) in [6.45, 7) is 3.02. The summed E-state index contributed by atoms with van der Waals surface area (Å²) in [4.78, 5) is 35.5. The van der Waals surface area contributed by atoms with Gasteiger partial charge in [0.25, 0.3) is 0 Å². The van der Waals surface area contributed by atoms with Gasteiger partial charge in [0.2, 0.25) is 11.8 Å². The number of methoxy groups -OCH3 is 1. The average molecular weight is 463 g/mol.